The number of pyridine rings is 1. The zero-order chi connectivity index (χ0) is 17.1. The van der Waals surface area contributed by atoms with Crippen LogP contribution in [0.25, 0.3) is 5.52 Å². The first kappa shape index (κ1) is 16.9. The number of carbonyl (C=O) groups is 1. The summed E-state index contributed by atoms with van der Waals surface area (Å²) in [6, 6.07) is 4.17. The van der Waals surface area contributed by atoms with Gasteiger partial charge in [-0.2, -0.15) is 0 Å². The maximum atomic E-state index is 12.5. The highest BCUT2D eigenvalue weighted by atomic mass is 16.1. The van der Waals surface area contributed by atoms with Gasteiger partial charge in [0.2, 0.25) is 0 Å². The van der Waals surface area contributed by atoms with Gasteiger partial charge < -0.3 is 14.6 Å². The quantitative estimate of drug-likeness (QED) is 0.901. The molecule has 6 nitrogen and oxygen atoms in total. The lowest BCUT2D eigenvalue weighted by atomic mass is 10.1. The van der Waals surface area contributed by atoms with E-state index in [2.05, 4.69) is 33.9 Å². The Balaban J connectivity index is 1.57. The van der Waals surface area contributed by atoms with Crippen LogP contribution in [0.1, 0.15) is 29.9 Å². The van der Waals surface area contributed by atoms with E-state index in [9.17, 15) is 4.79 Å². The zero-order valence-electron chi connectivity index (χ0n) is 14.8. The van der Waals surface area contributed by atoms with Gasteiger partial charge in [-0.3, -0.25) is 9.69 Å². The second-order valence-electron chi connectivity index (χ2n) is 6.55. The van der Waals surface area contributed by atoms with Crippen LogP contribution in [-0.2, 0) is 0 Å². The van der Waals surface area contributed by atoms with Crippen molar-refractivity contribution in [3.8, 4) is 0 Å². The normalized spacial score (nSPS) is 18.0. The van der Waals surface area contributed by atoms with Gasteiger partial charge >= 0.3 is 0 Å². The van der Waals surface area contributed by atoms with Crippen molar-refractivity contribution in [3.63, 3.8) is 0 Å². The molecule has 0 aliphatic carbocycles. The van der Waals surface area contributed by atoms with Gasteiger partial charge in [-0.25, -0.2) is 4.98 Å². The first-order valence-corrected chi connectivity index (χ1v) is 8.76. The second kappa shape index (κ2) is 7.32. The molecule has 24 heavy (non-hydrogen) atoms. The number of rotatable bonds is 5. The molecule has 0 spiro atoms. The SMILES string of the molecule is CCN1CCN([C@H](C)CNC(=O)c2ccc3cncn3c2C)CC1. The van der Waals surface area contributed by atoms with Gasteiger partial charge in [0.1, 0.15) is 0 Å². The molecular weight excluding hydrogens is 302 g/mol. The fraction of sp³-hybridized carbons (Fsp3) is 0.556. The average Bonchev–Trinajstić information content (AvgIpc) is 3.09. The third-order valence-electron chi connectivity index (χ3n) is 5.12. The van der Waals surface area contributed by atoms with Crippen LogP contribution in [-0.4, -0.2) is 70.4 Å². The standard InChI is InChI=1S/C18H27N5O/c1-4-21-7-9-22(10-8-21)14(2)11-20-18(24)17-6-5-16-12-19-13-23(16)15(17)3/h5-6,12-14H,4,7-11H2,1-3H3,(H,20,24)/t14-/m1/s1. The summed E-state index contributed by atoms with van der Waals surface area (Å²) in [6.45, 7) is 12.5. The minimum atomic E-state index is -0.0119. The van der Waals surface area contributed by atoms with E-state index >= 15 is 0 Å². The topological polar surface area (TPSA) is 52.9 Å². The van der Waals surface area contributed by atoms with E-state index in [-0.39, 0.29) is 5.91 Å². The summed E-state index contributed by atoms with van der Waals surface area (Å²) in [5.74, 6) is -0.0119. The van der Waals surface area contributed by atoms with E-state index in [1.807, 2.05) is 23.5 Å². The molecule has 1 fully saturated rings. The van der Waals surface area contributed by atoms with Gasteiger partial charge in [0, 0.05) is 44.5 Å². The van der Waals surface area contributed by atoms with E-state index < -0.39 is 0 Å². The number of aromatic nitrogens is 2. The Hall–Kier alpha value is -1.92. The maximum Gasteiger partial charge on any atom is 0.253 e. The molecule has 6 heteroatoms. The fourth-order valence-corrected chi connectivity index (χ4v) is 3.35. The molecule has 1 N–H and O–H groups in total. The van der Waals surface area contributed by atoms with Gasteiger partial charge in [-0.05, 0) is 32.5 Å². The van der Waals surface area contributed by atoms with E-state index in [4.69, 9.17) is 0 Å². The number of imidazole rings is 1. The first-order valence-electron chi connectivity index (χ1n) is 8.76. The summed E-state index contributed by atoms with van der Waals surface area (Å²) >= 11 is 0. The lowest BCUT2D eigenvalue weighted by molar-refractivity contribution is 0.0882. The predicted molar refractivity (Wildman–Crippen MR) is 95.4 cm³/mol. The lowest BCUT2D eigenvalue weighted by Crippen LogP contribution is -2.52. The van der Waals surface area contributed by atoms with Gasteiger partial charge in [0.05, 0.1) is 23.6 Å². The molecule has 1 aliphatic heterocycles. The minimum Gasteiger partial charge on any atom is -0.350 e. The molecule has 0 aromatic carbocycles. The predicted octanol–water partition coefficient (Wildman–Crippen LogP) is 1.40. The highest BCUT2D eigenvalue weighted by Gasteiger charge is 2.21. The van der Waals surface area contributed by atoms with Crippen molar-refractivity contribution < 1.29 is 4.79 Å². The maximum absolute atomic E-state index is 12.5. The molecule has 2 aromatic heterocycles. The zero-order valence-corrected chi connectivity index (χ0v) is 14.8. The minimum absolute atomic E-state index is 0.0119. The number of fused-ring (bicyclic) bond motifs is 1. The Morgan fingerprint density at radius 2 is 2.04 bits per heavy atom. The Kier molecular flexibility index (Phi) is 5.16. The van der Waals surface area contributed by atoms with Crippen LogP contribution in [0.15, 0.2) is 24.7 Å². The Morgan fingerprint density at radius 1 is 1.29 bits per heavy atom. The first-order chi connectivity index (χ1) is 11.6. The highest BCUT2D eigenvalue weighted by molar-refractivity contribution is 5.95. The number of aryl methyl sites for hydroxylation is 1. The van der Waals surface area contributed by atoms with Gasteiger partial charge in [-0.1, -0.05) is 6.92 Å². The van der Waals surface area contributed by atoms with Crippen molar-refractivity contribution in [2.24, 2.45) is 0 Å². The largest absolute Gasteiger partial charge is 0.350 e. The van der Waals surface area contributed by atoms with Crippen molar-refractivity contribution in [2.45, 2.75) is 26.8 Å². The molecule has 1 atom stereocenters. The number of carbonyl (C=O) groups excluding carboxylic acids is 1. The van der Waals surface area contributed by atoms with Crippen LogP contribution in [0.5, 0.6) is 0 Å². The number of nitrogens with one attached hydrogen (secondary N) is 1. The molecule has 0 unspecified atom stereocenters. The molecule has 3 rings (SSSR count). The summed E-state index contributed by atoms with van der Waals surface area (Å²) in [4.78, 5) is 21.6. The van der Waals surface area contributed by atoms with Gasteiger partial charge in [0.15, 0.2) is 0 Å². The number of likely N-dealkylation sites (N-methyl/N-ethyl adjacent to an activating group) is 1. The van der Waals surface area contributed by atoms with Crippen molar-refractivity contribution in [1.29, 1.82) is 0 Å². The third-order valence-corrected chi connectivity index (χ3v) is 5.12. The Morgan fingerprint density at radius 3 is 2.75 bits per heavy atom. The van der Waals surface area contributed by atoms with Crippen molar-refractivity contribution >= 4 is 11.4 Å². The molecule has 2 aromatic rings. The van der Waals surface area contributed by atoms with E-state index in [0.717, 1.165) is 43.9 Å². The molecule has 130 valence electrons. The summed E-state index contributed by atoms with van der Waals surface area (Å²) in [6.07, 6.45) is 3.55. The number of hydrogen-bond acceptors (Lipinski definition) is 4. The van der Waals surface area contributed by atoms with Crippen LogP contribution in [0.2, 0.25) is 0 Å². The molecule has 0 radical (unpaired) electrons. The van der Waals surface area contributed by atoms with Crippen LogP contribution in [0, 0.1) is 6.92 Å². The summed E-state index contributed by atoms with van der Waals surface area (Å²) in [5.41, 5.74) is 2.64. The van der Waals surface area contributed by atoms with Crippen LogP contribution in [0.4, 0.5) is 0 Å². The summed E-state index contributed by atoms with van der Waals surface area (Å²) in [5, 5.41) is 3.09. The molecule has 1 aliphatic rings. The van der Waals surface area contributed by atoms with E-state index in [0.29, 0.717) is 18.2 Å². The molecular formula is C18H27N5O. The molecule has 0 saturated carbocycles. The van der Waals surface area contributed by atoms with Crippen molar-refractivity contribution in [1.82, 2.24) is 24.5 Å². The van der Waals surface area contributed by atoms with Gasteiger partial charge in [-0.15, -0.1) is 0 Å². The monoisotopic (exact) mass is 329 g/mol. The number of piperazine rings is 1. The van der Waals surface area contributed by atoms with Crippen LogP contribution in [0.3, 0.4) is 0 Å². The fourth-order valence-electron chi connectivity index (χ4n) is 3.35. The van der Waals surface area contributed by atoms with E-state index in [1.54, 1.807) is 12.5 Å². The Bertz CT molecular complexity index is 702. The number of amides is 1. The number of hydrogen-bond donors (Lipinski definition) is 1. The second-order valence-corrected chi connectivity index (χ2v) is 6.55. The highest BCUT2D eigenvalue weighted by Crippen LogP contribution is 2.12. The molecule has 3 heterocycles. The third kappa shape index (κ3) is 3.44. The van der Waals surface area contributed by atoms with Crippen molar-refractivity contribution in [2.75, 3.05) is 39.3 Å². The molecule has 1 saturated heterocycles. The van der Waals surface area contributed by atoms with Crippen LogP contribution < -0.4 is 5.32 Å². The molecule has 0 bridgehead atoms. The van der Waals surface area contributed by atoms with Crippen molar-refractivity contribution in [3.05, 3.63) is 35.9 Å². The van der Waals surface area contributed by atoms with Gasteiger partial charge in [0.25, 0.3) is 5.91 Å². The lowest BCUT2D eigenvalue weighted by Gasteiger charge is -2.37. The van der Waals surface area contributed by atoms with E-state index in [1.165, 1.54) is 0 Å². The average molecular weight is 329 g/mol. The molecule has 1 amide bonds. The Labute approximate surface area is 143 Å². The summed E-state index contributed by atoms with van der Waals surface area (Å²) in [7, 11) is 0. The summed E-state index contributed by atoms with van der Waals surface area (Å²) < 4.78 is 1.95. The number of nitrogens with zero attached hydrogens (tertiary/aromatic N) is 4. The smallest absolute Gasteiger partial charge is 0.253 e. The van der Waals surface area contributed by atoms with Crippen LogP contribution >= 0.6 is 0 Å².